The molecule has 0 aromatic heterocycles. The van der Waals surface area contributed by atoms with Crippen molar-refractivity contribution in [2.24, 2.45) is 0 Å². The molecule has 38 heavy (non-hydrogen) atoms. The van der Waals surface area contributed by atoms with Crippen molar-refractivity contribution >= 4 is 23.1 Å². The van der Waals surface area contributed by atoms with Gasteiger partial charge in [-0.15, -0.1) is 0 Å². The number of nitrogens with one attached hydrogen (secondary N) is 1. The van der Waals surface area contributed by atoms with Gasteiger partial charge in [0.1, 0.15) is 5.75 Å². The van der Waals surface area contributed by atoms with Gasteiger partial charge >= 0.3 is 0 Å². The highest BCUT2D eigenvalue weighted by molar-refractivity contribution is 6.06. The highest BCUT2D eigenvalue weighted by Crippen LogP contribution is 2.48. The van der Waals surface area contributed by atoms with Crippen molar-refractivity contribution < 1.29 is 23.8 Å². The zero-order valence-corrected chi connectivity index (χ0v) is 22.1. The first-order valence-electron chi connectivity index (χ1n) is 12.8. The third-order valence-corrected chi connectivity index (χ3v) is 7.37. The first-order valence-corrected chi connectivity index (χ1v) is 12.8. The maximum absolute atomic E-state index is 14.0. The van der Waals surface area contributed by atoms with Crippen molar-refractivity contribution in [2.75, 3.05) is 31.5 Å². The standard InChI is InChI=1S/C31H32N2O5/c1-5-29(35)33-25-9-7-6-8-23(25)32-24-16-21(19-10-13-22(36-2)14-11-19)17-26(34)30(24)31(33)20-12-15-27(37-3)28(18-20)38-4/h6-15,18,21,31-32H,5,16-17H2,1-4H3. The SMILES string of the molecule is CCC(=O)N1c2ccccc2NC2=C(C(=O)CC(c3ccc(OC)cc3)C2)C1c1ccc(OC)c(OC)c1. The number of fused-ring (bicyclic) bond motifs is 1. The van der Waals surface area contributed by atoms with E-state index in [0.717, 1.165) is 33.9 Å². The lowest BCUT2D eigenvalue weighted by Crippen LogP contribution is -2.38. The van der Waals surface area contributed by atoms with Crippen molar-refractivity contribution in [2.45, 2.75) is 38.1 Å². The third-order valence-electron chi connectivity index (χ3n) is 7.37. The lowest BCUT2D eigenvalue weighted by molar-refractivity contribution is -0.119. The Morgan fingerprint density at radius 3 is 2.29 bits per heavy atom. The molecule has 2 aliphatic rings. The number of hydrogen-bond donors (Lipinski definition) is 1. The van der Waals surface area contributed by atoms with Crippen molar-refractivity contribution in [1.29, 1.82) is 0 Å². The summed E-state index contributed by atoms with van der Waals surface area (Å²) in [5, 5.41) is 3.56. The van der Waals surface area contributed by atoms with Crippen LogP contribution in [0.5, 0.6) is 17.2 Å². The minimum atomic E-state index is -0.613. The van der Waals surface area contributed by atoms with Crippen LogP contribution in [0.3, 0.4) is 0 Å². The van der Waals surface area contributed by atoms with Crippen LogP contribution in [-0.4, -0.2) is 33.0 Å². The van der Waals surface area contributed by atoms with Crippen LogP contribution >= 0.6 is 0 Å². The molecular formula is C31H32N2O5. The molecule has 1 aliphatic heterocycles. The molecule has 7 heteroatoms. The van der Waals surface area contributed by atoms with E-state index < -0.39 is 6.04 Å². The van der Waals surface area contributed by atoms with Crippen LogP contribution in [0, 0.1) is 0 Å². The zero-order chi connectivity index (χ0) is 26.8. The molecule has 7 nitrogen and oxygen atoms in total. The Labute approximate surface area is 223 Å². The molecule has 0 bridgehead atoms. The molecule has 2 unspecified atom stereocenters. The monoisotopic (exact) mass is 512 g/mol. The number of ketones is 1. The zero-order valence-electron chi connectivity index (χ0n) is 22.1. The van der Waals surface area contributed by atoms with Gasteiger partial charge in [-0.05, 0) is 59.9 Å². The molecule has 3 aromatic rings. The fourth-order valence-corrected chi connectivity index (χ4v) is 5.49. The Morgan fingerprint density at radius 1 is 0.895 bits per heavy atom. The van der Waals surface area contributed by atoms with Gasteiger partial charge in [-0.3, -0.25) is 14.5 Å². The van der Waals surface area contributed by atoms with E-state index in [2.05, 4.69) is 5.32 Å². The number of amides is 1. The number of allylic oxidation sites excluding steroid dienone is 1. The van der Waals surface area contributed by atoms with Gasteiger partial charge in [0.15, 0.2) is 17.3 Å². The summed E-state index contributed by atoms with van der Waals surface area (Å²) in [6.07, 6.45) is 1.28. The summed E-state index contributed by atoms with van der Waals surface area (Å²) in [6.45, 7) is 1.84. The maximum atomic E-state index is 14.0. The summed E-state index contributed by atoms with van der Waals surface area (Å²) in [7, 11) is 4.80. The van der Waals surface area contributed by atoms with Crippen LogP contribution in [0.2, 0.25) is 0 Å². The molecule has 1 heterocycles. The smallest absolute Gasteiger partial charge is 0.227 e. The maximum Gasteiger partial charge on any atom is 0.227 e. The molecule has 1 N–H and O–H groups in total. The number of methoxy groups -OCH3 is 3. The highest BCUT2D eigenvalue weighted by atomic mass is 16.5. The summed E-state index contributed by atoms with van der Waals surface area (Å²) in [6, 6.07) is 20.6. The number of anilines is 2. The Bertz CT molecular complexity index is 1400. The van der Waals surface area contributed by atoms with Crippen molar-refractivity contribution in [3.8, 4) is 17.2 Å². The van der Waals surface area contributed by atoms with E-state index in [-0.39, 0.29) is 17.6 Å². The molecule has 0 radical (unpaired) electrons. The Morgan fingerprint density at radius 2 is 1.61 bits per heavy atom. The summed E-state index contributed by atoms with van der Waals surface area (Å²) in [4.78, 5) is 29.4. The molecule has 0 spiro atoms. The number of hydrogen-bond acceptors (Lipinski definition) is 6. The molecule has 0 saturated heterocycles. The van der Waals surface area contributed by atoms with Gasteiger partial charge in [0.25, 0.3) is 0 Å². The second-order valence-electron chi connectivity index (χ2n) is 9.47. The van der Waals surface area contributed by atoms with Gasteiger partial charge in [-0.25, -0.2) is 0 Å². The average molecular weight is 513 g/mol. The second-order valence-corrected chi connectivity index (χ2v) is 9.47. The molecule has 1 aliphatic carbocycles. The molecule has 1 amide bonds. The molecule has 2 atom stereocenters. The number of Topliss-reactive ketones (excluding diaryl/α,β-unsaturated/α-hetero) is 1. The third kappa shape index (κ3) is 4.49. The molecule has 0 saturated carbocycles. The Balaban J connectivity index is 1.69. The Kier molecular flexibility index (Phi) is 7.09. The van der Waals surface area contributed by atoms with Crippen LogP contribution in [-0.2, 0) is 9.59 Å². The summed E-state index contributed by atoms with van der Waals surface area (Å²) < 4.78 is 16.4. The van der Waals surface area contributed by atoms with E-state index in [0.29, 0.717) is 36.3 Å². The number of ether oxygens (including phenoxy) is 3. The van der Waals surface area contributed by atoms with Crippen LogP contribution in [0.15, 0.2) is 78.0 Å². The molecule has 0 fully saturated rings. The molecule has 5 rings (SSSR count). The summed E-state index contributed by atoms with van der Waals surface area (Å²) in [5.41, 5.74) is 4.84. The molecular weight excluding hydrogens is 480 g/mol. The fourth-order valence-electron chi connectivity index (χ4n) is 5.49. The van der Waals surface area contributed by atoms with Gasteiger partial charge in [-0.1, -0.05) is 37.3 Å². The van der Waals surface area contributed by atoms with Crippen molar-refractivity contribution in [3.05, 3.63) is 89.1 Å². The van der Waals surface area contributed by atoms with Gasteiger partial charge in [-0.2, -0.15) is 0 Å². The minimum absolute atomic E-state index is 0.00583. The fraction of sp³-hybridized carbons (Fsp3) is 0.290. The van der Waals surface area contributed by atoms with Gasteiger partial charge < -0.3 is 19.5 Å². The molecule has 3 aromatic carbocycles. The summed E-state index contributed by atoms with van der Waals surface area (Å²) >= 11 is 0. The predicted molar refractivity (Wildman–Crippen MR) is 147 cm³/mol. The Hall–Kier alpha value is -4.26. The number of rotatable bonds is 6. The van der Waals surface area contributed by atoms with E-state index in [1.165, 1.54) is 0 Å². The second kappa shape index (κ2) is 10.6. The van der Waals surface area contributed by atoms with Crippen molar-refractivity contribution in [1.82, 2.24) is 0 Å². The van der Waals surface area contributed by atoms with Crippen LogP contribution in [0.4, 0.5) is 11.4 Å². The van der Waals surface area contributed by atoms with E-state index in [9.17, 15) is 9.59 Å². The average Bonchev–Trinajstić information content (AvgIpc) is 3.11. The number of benzene rings is 3. The quantitative estimate of drug-likeness (QED) is 0.435. The number of carbonyl (C=O) groups is 2. The topological polar surface area (TPSA) is 77.1 Å². The van der Waals surface area contributed by atoms with Crippen LogP contribution in [0.25, 0.3) is 0 Å². The number of para-hydroxylation sites is 2. The van der Waals surface area contributed by atoms with E-state index in [1.807, 2.05) is 73.7 Å². The van der Waals surface area contributed by atoms with Crippen molar-refractivity contribution in [3.63, 3.8) is 0 Å². The first kappa shape index (κ1) is 25.4. The van der Waals surface area contributed by atoms with Gasteiger partial charge in [0.2, 0.25) is 5.91 Å². The lowest BCUT2D eigenvalue weighted by atomic mass is 9.78. The van der Waals surface area contributed by atoms with Gasteiger partial charge in [0, 0.05) is 24.1 Å². The largest absolute Gasteiger partial charge is 0.497 e. The lowest BCUT2D eigenvalue weighted by Gasteiger charge is -2.35. The molecule has 196 valence electrons. The summed E-state index contributed by atoms with van der Waals surface area (Å²) in [5.74, 6) is 1.85. The van der Waals surface area contributed by atoms with E-state index in [1.54, 1.807) is 26.2 Å². The first-order chi connectivity index (χ1) is 18.5. The predicted octanol–water partition coefficient (Wildman–Crippen LogP) is 6.02. The minimum Gasteiger partial charge on any atom is -0.497 e. The van der Waals surface area contributed by atoms with E-state index in [4.69, 9.17) is 14.2 Å². The van der Waals surface area contributed by atoms with Crippen LogP contribution in [0.1, 0.15) is 49.3 Å². The number of carbonyl (C=O) groups excluding carboxylic acids is 2. The highest BCUT2D eigenvalue weighted by Gasteiger charge is 2.41. The number of nitrogens with zero attached hydrogens (tertiary/aromatic N) is 1. The normalized spacial score (nSPS) is 18.6. The van der Waals surface area contributed by atoms with E-state index >= 15 is 0 Å². The van der Waals surface area contributed by atoms with Gasteiger partial charge in [0.05, 0.1) is 38.7 Å². The van der Waals surface area contributed by atoms with Crippen LogP contribution < -0.4 is 24.4 Å².